The molecule has 0 aromatic carbocycles. The van der Waals surface area contributed by atoms with Crippen molar-refractivity contribution in [1.29, 1.82) is 0 Å². The van der Waals surface area contributed by atoms with Crippen molar-refractivity contribution in [2.75, 3.05) is 26.2 Å². The van der Waals surface area contributed by atoms with Crippen LogP contribution in [0.1, 0.15) is 79.1 Å². The first-order valence-corrected chi connectivity index (χ1v) is 11.8. The fourth-order valence-corrected chi connectivity index (χ4v) is 6.01. The molecule has 2 saturated heterocycles. The molecule has 3 unspecified atom stereocenters. The summed E-state index contributed by atoms with van der Waals surface area (Å²) in [4.78, 5) is 41.6. The van der Waals surface area contributed by atoms with Gasteiger partial charge in [-0.15, -0.1) is 0 Å². The van der Waals surface area contributed by atoms with Gasteiger partial charge in [-0.1, -0.05) is 27.2 Å². The molecule has 30 heavy (non-hydrogen) atoms. The minimum atomic E-state index is -0.844. The summed E-state index contributed by atoms with van der Waals surface area (Å²) in [7, 11) is 0. The molecule has 1 saturated carbocycles. The maximum Gasteiger partial charge on any atom is 0.325 e. The highest BCUT2D eigenvalue weighted by Crippen LogP contribution is 2.46. The fraction of sp³-hybridized carbons (Fsp3) is 0.870. The maximum atomic E-state index is 13.1. The minimum absolute atomic E-state index is 0.00920. The van der Waals surface area contributed by atoms with E-state index in [9.17, 15) is 14.4 Å². The number of nitrogens with one attached hydrogen (secondary N) is 2. The molecule has 1 spiro atoms. The number of carbonyl (C=O) groups is 3. The lowest BCUT2D eigenvalue weighted by molar-refractivity contribution is -0.137. The number of imide groups is 1. The highest BCUT2D eigenvalue weighted by Gasteiger charge is 2.56. The molecular weight excluding hydrogens is 380 g/mol. The quantitative estimate of drug-likeness (QED) is 0.490. The van der Waals surface area contributed by atoms with Crippen molar-refractivity contribution >= 4 is 17.8 Å². The SMILES string of the molecule is CC1CC(C)(C)CC2(C1)NC(=O)N(CC(=O)NCCCCN1CCCCC1C)C2=O. The number of rotatable bonds is 7. The Hall–Kier alpha value is -1.63. The molecule has 4 amide bonds. The van der Waals surface area contributed by atoms with Gasteiger partial charge in [-0.2, -0.15) is 0 Å². The van der Waals surface area contributed by atoms with E-state index in [1.807, 2.05) is 0 Å². The standard InChI is InChI=1S/C23H40N4O3/c1-17-13-22(3,4)16-23(14-17)20(29)27(21(30)25-23)15-19(28)24-10-6-8-12-26-11-7-5-9-18(26)2/h17-18H,5-16H2,1-4H3,(H,24,28)(H,25,30). The molecular formula is C23H40N4O3. The number of urea groups is 1. The third-order valence-electron chi connectivity index (χ3n) is 7.06. The van der Waals surface area contributed by atoms with Crippen LogP contribution in [0.4, 0.5) is 4.79 Å². The number of hydrogen-bond acceptors (Lipinski definition) is 4. The molecule has 0 aromatic heterocycles. The summed E-state index contributed by atoms with van der Waals surface area (Å²) >= 11 is 0. The van der Waals surface area contributed by atoms with Crippen LogP contribution in [-0.4, -0.2) is 65.4 Å². The molecule has 1 aliphatic carbocycles. The summed E-state index contributed by atoms with van der Waals surface area (Å²) in [5.41, 5.74) is -0.853. The number of unbranched alkanes of at least 4 members (excludes halogenated alkanes) is 1. The number of nitrogens with zero attached hydrogens (tertiary/aromatic N) is 2. The predicted octanol–water partition coefficient (Wildman–Crippen LogP) is 2.89. The average molecular weight is 421 g/mol. The lowest BCUT2D eigenvalue weighted by Gasteiger charge is -2.43. The molecule has 0 radical (unpaired) electrons. The predicted molar refractivity (Wildman–Crippen MR) is 117 cm³/mol. The van der Waals surface area contributed by atoms with Gasteiger partial charge >= 0.3 is 6.03 Å². The summed E-state index contributed by atoms with van der Waals surface area (Å²) in [6, 6.07) is 0.229. The van der Waals surface area contributed by atoms with Crippen molar-refractivity contribution in [2.45, 2.75) is 90.6 Å². The molecule has 2 aliphatic heterocycles. The van der Waals surface area contributed by atoms with Gasteiger partial charge in [0.2, 0.25) is 5.91 Å². The molecule has 3 aliphatic rings. The third kappa shape index (κ3) is 5.34. The van der Waals surface area contributed by atoms with Crippen LogP contribution in [0.25, 0.3) is 0 Å². The second-order valence-electron chi connectivity index (χ2n) is 10.7. The number of likely N-dealkylation sites (tertiary alicyclic amines) is 1. The zero-order valence-electron chi connectivity index (χ0n) is 19.3. The molecule has 3 atom stereocenters. The largest absolute Gasteiger partial charge is 0.355 e. The molecule has 7 nitrogen and oxygen atoms in total. The Labute approximate surface area is 181 Å². The molecule has 0 aromatic rings. The van der Waals surface area contributed by atoms with E-state index >= 15 is 0 Å². The number of hydrogen-bond donors (Lipinski definition) is 2. The van der Waals surface area contributed by atoms with Crippen LogP contribution in [0.2, 0.25) is 0 Å². The summed E-state index contributed by atoms with van der Waals surface area (Å²) in [6.07, 6.45) is 8.15. The summed E-state index contributed by atoms with van der Waals surface area (Å²) in [5.74, 6) is -0.138. The lowest BCUT2D eigenvalue weighted by Crippen LogP contribution is -2.54. The van der Waals surface area contributed by atoms with E-state index in [0.29, 0.717) is 31.3 Å². The van der Waals surface area contributed by atoms with E-state index in [2.05, 4.69) is 43.2 Å². The van der Waals surface area contributed by atoms with E-state index in [1.54, 1.807) is 0 Å². The first-order chi connectivity index (χ1) is 14.1. The van der Waals surface area contributed by atoms with Gasteiger partial charge < -0.3 is 15.5 Å². The zero-order valence-corrected chi connectivity index (χ0v) is 19.3. The monoisotopic (exact) mass is 420 g/mol. The number of carbonyl (C=O) groups excluding carboxylic acids is 3. The second kappa shape index (κ2) is 9.25. The Morgan fingerprint density at radius 3 is 2.63 bits per heavy atom. The van der Waals surface area contributed by atoms with Crippen molar-refractivity contribution in [3.05, 3.63) is 0 Å². The Bertz CT molecular complexity index is 665. The fourth-order valence-electron chi connectivity index (χ4n) is 6.01. The second-order valence-corrected chi connectivity index (χ2v) is 10.7. The molecule has 7 heteroatoms. The van der Waals surface area contributed by atoms with Crippen LogP contribution >= 0.6 is 0 Å². The molecule has 3 rings (SSSR count). The summed E-state index contributed by atoms with van der Waals surface area (Å²) in [6.45, 7) is 11.3. The van der Waals surface area contributed by atoms with E-state index in [1.165, 1.54) is 25.8 Å². The Morgan fingerprint density at radius 2 is 1.93 bits per heavy atom. The summed E-state index contributed by atoms with van der Waals surface area (Å²) < 4.78 is 0. The topological polar surface area (TPSA) is 81.8 Å². The van der Waals surface area contributed by atoms with Crippen molar-refractivity contribution in [3.8, 4) is 0 Å². The Kier molecular flexibility index (Phi) is 7.10. The molecule has 2 heterocycles. The van der Waals surface area contributed by atoms with E-state index in [-0.39, 0.29) is 23.8 Å². The van der Waals surface area contributed by atoms with Gasteiger partial charge in [-0.3, -0.25) is 14.5 Å². The number of piperidine rings is 1. The van der Waals surface area contributed by atoms with Gasteiger partial charge in [0.25, 0.3) is 5.91 Å². The maximum absolute atomic E-state index is 13.1. The third-order valence-corrected chi connectivity index (χ3v) is 7.06. The molecule has 0 bridgehead atoms. The molecule has 2 N–H and O–H groups in total. The van der Waals surface area contributed by atoms with Gasteiger partial charge in [-0.05, 0) is 76.3 Å². The van der Waals surface area contributed by atoms with E-state index in [4.69, 9.17) is 0 Å². The highest BCUT2D eigenvalue weighted by molar-refractivity contribution is 6.09. The van der Waals surface area contributed by atoms with Crippen LogP contribution in [0.5, 0.6) is 0 Å². The van der Waals surface area contributed by atoms with E-state index in [0.717, 1.165) is 30.7 Å². The van der Waals surface area contributed by atoms with Crippen molar-refractivity contribution < 1.29 is 14.4 Å². The minimum Gasteiger partial charge on any atom is -0.355 e. The smallest absolute Gasteiger partial charge is 0.325 e. The van der Waals surface area contributed by atoms with Crippen LogP contribution in [0.15, 0.2) is 0 Å². The van der Waals surface area contributed by atoms with E-state index < -0.39 is 11.6 Å². The van der Waals surface area contributed by atoms with Crippen molar-refractivity contribution in [1.82, 2.24) is 20.4 Å². The van der Waals surface area contributed by atoms with Crippen LogP contribution < -0.4 is 10.6 Å². The Balaban J connectivity index is 1.43. The molecule has 3 fully saturated rings. The van der Waals surface area contributed by atoms with Gasteiger partial charge in [0.05, 0.1) is 0 Å². The first kappa shape index (κ1) is 23.0. The Morgan fingerprint density at radius 1 is 1.17 bits per heavy atom. The molecule has 170 valence electrons. The van der Waals surface area contributed by atoms with Crippen LogP contribution in [0.3, 0.4) is 0 Å². The normalized spacial score (nSPS) is 31.8. The van der Waals surface area contributed by atoms with Crippen molar-refractivity contribution in [2.24, 2.45) is 11.3 Å². The number of amides is 4. The first-order valence-electron chi connectivity index (χ1n) is 11.8. The zero-order chi connectivity index (χ0) is 21.9. The van der Waals surface area contributed by atoms with Crippen molar-refractivity contribution in [3.63, 3.8) is 0 Å². The highest BCUT2D eigenvalue weighted by atomic mass is 16.2. The van der Waals surface area contributed by atoms with Gasteiger partial charge in [0.1, 0.15) is 12.1 Å². The van der Waals surface area contributed by atoms with Crippen LogP contribution in [0, 0.1) is 11.3 Å². The average Bonchev–Trinajstić information content (AvgIpc) is 2.84. The van der Waals surface area contributed by atoms with Gasteiger partial charge in [-0.25, -0.2) is 4.79 Å². The van der Waals surface area contributed by atoms with Gasteiger partial charge in [0.15, 0.2) is 0 Å². The summed E-state index contributed by atoms with van der Waals surface area (Å²) in [5, 5.41) is 5.81. The van der Waals surface area contributed by atoms with Gasteiger partial charge in [0, 0.05) is 12.6 Å². The van der Waals surface area contributed by atoms with Crippen LogP contribution in [-0.2, 0) is 9.59 Å². The lowest BCUT2D eigenvalue weighted by atomic mass is 9.64.